The number of amides is 1. The molecule has 0 radical (unpaired) electrons. The number of anilines is 1. The Hall–Kier alpha value is -2.75. The molecule has 0 unspecified atom stereocenters. The summed E-state index contributed by atoms with van der Waals surface area (Å²) < 4.78 is 34.9. The van der Waals surface area contributed by atoms with Crippen molar-refractivity contribution in [3.8, 4) is 0 Å². The van der Waals surface area contributed by atoms with Crippen LogP contribution in [0.5, 0.6) is 0 Å². The van der Waals surface area contributed by atoms with Crippen molar-refractivity contribution in [2.45, 2.75) is 51.1 Å². The number of nitrogens with one attached hydrogen (secondary N) is 2. The zero-order chi connectivity index (χ0) is 23.4. The first-order valence-corrected chi connectivity index (χ1v) is 12.1. The molecule has 172 valence electrons. The third-order valence-electron chi connectivity index (χ3n) is 4.62. The summed E-state index contributed by atoms with van der Waals surface area (Å²) in [6.45, 7) is 9.19. The summed E-state index contributed by atoms with van der Waals surface area (Å²) in [5, 5.41) is 2.86. The van der Waals surface area contributed by atoms with E-state index in [9.17, 15) is 13.2 Å². The lowest BCUT2D eigenvalue weighted by molar-refractivity contribution is 0.102. The predicted molar refractivity (Wildman–Crippen MR) is 125 cm³/mol. The van der Waals surface area contributed by atoms with Crippen LogP contribution in [-0.4, -0.2) is 42.6 Å². The van der Waals surface area contributed by atoms with Crippen molar-refractivity contribution >= 4 is 32.9 Å². The van der Waals surface area contributed by atoms with Crippen LogP contribution in [0.1, 0.15) is 44.5 Å². The Labute approximate surface area is 189 Å². The zero-order valence-electron chi connectivity index (χ0n) is 18.9. The van der Waals surface area contributed by atoms with Gasteiger partial charge in [0.1, 0.15) is 0 Å². The summed E-state index contributed by atoms with van der Waals surface area (Å²) >= 11 is 0. The first-order chi connectivity index (χ1) is 15.1. The average molecular weight is 459 g/mol. The number of hydrogen-bond donors (Lipinski definition) is 2. The van der Waals surface area contributed by atoms with Crippen molar-refractivity contribution in [1.82, 2.24) is 14.3 Å². The Morgan fingerprint density at radius 3 is 2.44 bits per heavy atom. The lowest BCUT2D eigenvalue weighted by atomic mass is 10.1. The number of aromatic nitrogens is 2. The molecule has 0 aliphatic carbocycles. The molecule has 2 N–H and O–H groups in total. The van der Waals surface area contributed by atoms with Crippen LogP contribution < -0.4 is 10.0 Å². The van der Waals surface area contributed by atoms with Crippen LogP contribution in [0.3, 0.4) is 0 Å². The summed E-state index contributed by atoms with van der Waals surface area (Å²) in [6, 6.07) is 13.5. The van der Waals surface area contributed by atoms with Gasteiger partial charge in [-0.15, -0.1) is 0 Å². The summed E-state index contributed by atoms with van der Waals surface area (Å²) in [5.41, 5.74) is 1.45. The minimum absolute atomic E-state index is 0.104. The molecule has 1 amide bonds. The number of sulfonamides is 1. The van der Waals surface area contributed by atoms with E-state index in [1.165, 1.54) is 24.3 Å². The number of rotatable bonds is 9. The maximum absolute atomic E-state index is 12.9. The van der Waals surface area contributed by atoms with Crippen LogP contribution in [0.2, 0.25) is 0 Å². The molecule has 8 nitrogen and oxygen atoms in total. The van der Waals surface area contributed by atoms with Crippen molar-refractivity contribution in [3.63, 3.8) is 0 Å². The van der Waals surface area contributed by atoms with Crippen molar-refractivity contribution in [2.24, 2.45) is 0 Å². The molecule has 0 fully saturated rings. The number of carbonyl (C=O) groups excluding carboxylic acids is 1. The van der Waals surface area contributed by atoms with Gasteiger partial charge in [-0.1, -0.05) is 12.1 Å². The summed E-state index contributed by atoms with van der Waals surface area (Å²) in [4.78, 5) is 17.5. The van der Waals surface area contributed by atoms with Gasteiger partial charge in [-0.05, 0) is 70.5 Å². The number of hydrogen-bond acceptors (Lipinski definition) is 5. The van der Waals surface area contributed by atoms with Gasteiger partial charge in [0.15, 0.2) is 0 Å². The van der Waals surface area contributed by atoms with Crippen molar-refractivity contribution in [2.75, 3.05) is 18.5 Å². The molecule has 0 bridgehead atoms. The Morgan fingerprint density at radius 2 is 1.78 bits per heavy atom. The second-order valence-corrected chi connectivity index (χ2v) is 10.1. The van der Waals surface area contributed by atoms with E-state index in [1.54, 1.807) is 20.8 Å². The smallest absolute Gasteiger partial charge is 0.257 e. The Balaban J connectivity index is 1.79. The minimum atomic E-state index is -3.67. The molecule has 0 spiro atoms. The van der Waals surface area contributed by atoms with Crippen molar-refractivity contribution < 1.29 is 17.9 Å². The third-order valence-corrected chi connectivity index (χ3v) is 6.40. The second kappa shape index (κ2) is 9.81. The van der Waals surface area contributed by atoms with Gasteiger partial charge in [0.25, 0.3) is 5.91 Å². The molecule has 3 aromatic rings. The van der Waals surface area contributed by atoms with Crippen LogP contribution in [-0.2, 0) is 21.3 Å². The monoisotopic (exact) mass is 458 g/mol. The highest BCUT2D eigenvalue weighted by molar-refractivity contribution is 7.89. The molecule has 1 heterocycles. The number of ether oxygens (including phenoxy) is 1. The Morgan fingerprint density at radius 1 is 1.09 bits per heavy atom. The van der Waals surface area contributed by atoms with E-state index in [4.69, 9.17) is 4.74 Å². The lowest BCUT2D eigenvalue weighted by Gasteiger charge is -2.20. The molecule has 0 saturated carbocycles. The number of para-hydroxylation sites is 2. The maximum atomic E-state index is 12.9. The largest absolute Gasteiger partial charge is 0.382 e. The summed E-state index contributed by atoms with van der Waals surface area (Å²) in [5.74, 6) is 0.0814. The standard InChI is InChI=1S/C23H30N4O4S/c1-5-31-16-8-15-27-20-10-7-6-9-19(20)24-22(27)25-21(28)17-11-13-18(14-12-17)32(29,30)26-23(2,3)4/h6-7,9-14,26H,5,8,15-16H2,1-4H3,(H,24,25,28). The van der Waals surface area contributed by atoms with E-state index in [-0.39, 0.29) is 10.8 Å². The van der Waals surface area contributed by atoms with Gasteiger partial charge in [-0.25, -0.2) is 18.1 Å². The fourth-order valence-electron chi connectivity index (χ4n) is 3.29. The molecule has 32 heavy (non-hydrogen) atoms. The number of nitrogens with zero attached hydrogens (tertiary/aromatic N) is 2. The predicted octanol–water partition coefficient (Wildman–Crippen LogP) is 3.79. The first kappa shape index (κ1) is 23.9. The van der Waals surface area contributed by atoms with E-state index in [0.717, 1.165) is 17.5 Å². The van der Waals surface area contributed by atoms with Crippen LogP contribution in [0.4, 0.5) is 5.95 Å². The van der Waals surface area contributed by atoms with Crippen LogP contribution in [0.25, 0.3) is 11.0 Å². The molecular formula is C23H30N4O4S. The Kier molecular flexibility index (Phi) is 7.33. The van der Waals surface area contributed by atoms with Gasteiger partial charge in [0, 0.05) is 30.9 Å². The number of aryl methyl sites for hydroxylation is 1. The van der Waals surface area contributed by atoms with Gasteiger partial charge in [-0.3, -0.25) is 10.1 Å². The number of carbonyl (C=O) groups is 1. The minimum Gasteiger partial charge on any atom is -0.382 e. The van der Waals surface area contributed by atoms with Crippen molar-refractivity contribution in [1.29, 1.82) is 0 Å². The Bertz CT molecular complexity index is 1180. The number of fused-ring (bicyclic) bond motifs is 1. The van der Waals surface area contributed by atoms with Gasteiger partial charge in [0.2, 0.25) is 16.0 Å². The number of imidazole rings is 1. The van der Waals surface area contributed by atoms with Gasteiger partial charge < -0.3 is 9.30 Å². The third kappa shape index (κ3) is 5.93. The van der Waals surface area contributed by atoms with E-state index in [1.807, 2.05) is 35.8 Å². The highest BCUT2D eigenvalue weighted by Gasteiger charge is 2.22. The first-order valence-electron chi connectivity index (χ1n) is 10.6. The topological polar surface area (TPSA) is 102 Å². The molecule has 3 rings (SSSR count). The molecule has 0 aliphatic rings. The molecule has 1 aromatic heterocycles. The molecular weight excluding hydrogens is 428 g/mol. The average Bonchev–Trinajstić information content (AvgIpc) is 3.06. The number of benzene rings is 2. The molecule has 0 aliphatic heterocycles. The summed E-state index contributed by atoms with van der Waals surface area (Å²) in [7, 11) is -3.67. The van der Waals surface area contributed by atoms with Crippen LogP contribution in [0.15, 0.2) is 53.4 Å². The normalized spacial score (nSPS) is 12.2. The fourth-order valence-corrected chi connectivity index (χ4v) is 4.71. The van der Waals surface area contributed by atoms with E-state index < -0.39 is 15.6 Å². The SMILES string of the molecule is CCOCCCn1c(NC(=O)c2ccc(S(=O)(=O)NC(C)(C)C)cc2)nc2ccccc21. The van der Waals surface area contributed by atoms with Crippen molar-refractivity contribution in [3.05, 3.63) is 54.1 Å². The van der Waals surface area contributed by atoms with E-state index >= 15 is 0 Å². The van der Waals surface area contributed by atoms with E-state index in [2.05, 4.69) is 15.0 Å². The highest BCUT2D eigenvalue weighted by Crippen LogP contribution is 2.21. The fraction of sp³-hybridized carbons (Fsp3) is 0.391. The van der Waals surface area contributed by atoms with Crippen LogP contribution in [0, 0.1) is 0 Å². The molecule has 9 heteroatoms. The quantitative estimate of drug-likeness (QED) is 0.475. The van der Waals surface area contributed by atoms with Gasteiger partial charge in [-0.2, -0.15) is 0 Å². The lowest BCUT2D eigenvalue weighted by Crippen LogP contribution is -2.40. The molecule has 0 saturated heterocycles. The molecule has 0 atom stereocenters. The highest BCUT2D eigenvalue weighted by atomic mass is 32.2. The second-order valence-electron chi connectivity index (χ2n) is 8.46. The zero-order valence-corrected chi connectivity index (χ0v) is 19.7. The van der Waals surface area contributed by atoms with Gasteiger partial charge in [0.05, 0.1) is 15.9 Å². The van der Waals surface area contributed by atoms with Crippen LogP contribution >= 0.6 is 0 Å². The maximum Gasteiger partial charge on any atom is 0.257 e. The molecule has 2 aromatic carbocycles. The van der Waals surface area contributed by atoms with Gasteiger partial charge >= 0.3 is 0 Å². The van der Waals surface area contributed by atoms with E-state index in [0.29, 0.717) is 31.3 Å². The summed E-state index contributed by atoms with van der Waals surface area (Å²) in [6.07, 6.45) is 0.782.